The predicted octanol–water partition coefficient (Wildman–Crippen LogP) is 4.85. The maximum atomic E-state index is 13.4. The first-order valence-electron chi connectivity index (χ1n) is 10.3. The number of amides is 1. The Kier molecular flexibility index (Phi) is 6.03. The van der Waals surface area contributed by atoms with Crippen LogP contribution in [0.4, 0.5) is 4.39 Å². The van der Waals surface area contributed by atoms with Crippen LogP contribution in [0, 0.1) is 5.82 Å². The Hall–Kier alpha value is -3.93. The number of aliphatic hydroxyl groups excluding tert-OH is 1. The molecule has 1 aliphatic heterocycles. The molecular formula is C26H22FNO4. The first-order valence-corrected chi connectivity index (χ1v) is 10.3. The van der Waals surface area contributed by atoms with Gasteiger partial charge in [-0.3, -0.25) is 9.59 Å². The lowest BCUT2D eigenvalue weighted by molar-refractivity contribution is -0.140. The van der Waals surface area contributed by atoms with Gasteiger partial charge >= 0.3 is 0 Å². The van der Waals surface area contributed by atoms with E-state index in [1.54, 1.807) is 24.3 Å². The molecule has 0 aromatic heterocycles. The lowest BCUT2D eigenvalue weighted by Crippen LogP contribution is -2.29. The van der Waals surface area contributed by atoms with Crippen molar-refractivity contribution in [2.75, 3.05) is 6.61 Å². The Balaban J connectivity index is 1.83. The minimum atomic E-state index is -0.795. The van der Waals surface area contributed by atoms with Crippen LogP contribution in [0.25, 0.3) is 5.76 Å². The molecule has 1 saturated heterocycles. The molecule has 32 heavy (non-hydrogen) atoms. The second-order valence-electron chi connectivity index (χ2n) is 7.42. The second kappa shape index (κ2) is 9.06. The normalized spacial score (nSPS) is 17.6. The average molecular weight is 431 g/mol. The molecule has 1 heterocycles. The molecule has 5 nitrogen and oxygen atoms in total. The highest BCUT2D eigenvalue weighted by Crippen LogP contribution is 2.40. The number of Topliss-reactive ketones (excluding diaryl/α,β-unsaturated/α-hetero) is 1. The average Bonchev–Trinajstić information content (AvgIpc) is 3.05. The van der Waals surface area contributed by atoms with Gasteiger partial charge in [0, 0.05) is 12.1 Å². The summed E-state index contributed by atoms with van der Waals surface area (Å²) in [6.45, 7) is 2.59. The Bertz CT molecular complexity index is 1150. The van der Waals surface area contributed by atoms with Crippen molar-refractivity contribution in [3.05, 3.63) is 107 Å². The molecular weight excluding hydrogens is 409 g/mol. The molecule has 1 aliphatic rings. The molecule has 0 spiro atoms. The third kappa shape index (κ3) is 4.12. The molecule has 1 N–H and O–H groups in total. The summed E-state index contributed by atoms with van der Waals surface area (Å²) in [6, 6.07) is 20.8. The molecule has 0 bridgehead atoms. The van der Waals surface area contributed by atoms with Gasteiger partial charge in [-0.05, 0) is 54.4 Å². The lowest BCUT2D eigenvalue weighted by atomic mass is 9.95. The topological polar surface area (TPSA) is 66.8 Å². The Labute approximate surface area is 185 Å². The van der Waals surface area contributed by atoms with Crippen molar-refractivity contribution in [2.24, 2.45) is 0 Å². The minimum absolute atomic E-state index is 0.0262. The van der Waals surface area contributed by atoms with E-state index in [-0.39, 0.29) is 23.4 Å². The fraction of sp³-hybridized carbons (Fsp3) is 0.154. The van der Waals surface area contributed by atoms with Crippen LogP contribution >= 0.6 is 0 Å². The van der Waals surface area contributed by atoms with E-state index >= 15 is 0 Å². The molecule has 3 aromatic carbocycles. The van der Waals surface area contributed by atoms with Crippen molar-refractivity contribution in [1.82, 2.24) is 4.90 Å². The van der Waals surface area contributed by atoms with E-state index in [1.165, 1.54) is 29.2 Å². The van der Waals surface area contributed by atoms with Crippen LogP contribution in [0.2, 0.25) is 0 Å². The highest BCUT2D eigenvalue weighted by Gasteiger charge is 2.46. The summed E-state index contributed by atoms with van der Waals surface area (Å²) in [7, 11) is 0. The quantitative estimate of drug-likeness (QED) is 0.344. The molecule has 3 aromatic rings. The standard InChI is InChI=1S/C26H22FNO4/c1-2-32-21-14-10-18(11-15-21)23-22(24(29)19-8-12-20(27)13-9-19)25(30)26(31)28(23)16-17-6-4-3-5-7-17/h3-15,23,29H,2,16H2,1H3. The van der Waals surface area contributed by atoms with Crippen molar-refractivity contribution in [3.63, 3.8) is 0 Å². The number of carbonyl (C=O) groups is 2. The molecule has 162 valence electrons. The first kappa shape index (κ1) is 21.3. The van der Waals surface area contributed by atoms with Gasteiger partial charge < -0.3 is 14.7 Å². The number of hydrogen-bond donors (Lipinski definition) is 1. The van der Waals surface area contributed by atoms with Crippen molar-refractivity contribution in [1.29, 1.82) is 0 Å². The molecule has 1 fully saturated rings. The van der Waals surface area contributed by atoms with Crippen LogP contribution in [0.5, 0.6) is 5.75 Å². The largest absolute Gasteiger partial charge is 0.507 e. The van der Waals surface area contributed by atoms with E-state index in [9.17, 15) is 19.1 Å². The van der Waals surface area contributed by atoms with Crippen LogP contribution in [0.15, 0.2) is 84.4 Å². The summed E-state index contributed by atoms with van der Waals surface area (Å²) >= 11 is 0. The molecule has 6 heteroatoms. The first-order chi connectivity index (χ1) is 15.5. The highest BCUT2D eigenvalue weighted by molar-refractivity contribution is 6.46. The summed E-state index contributed by atoms with van der Waals surface area (Å²) in [5.41, 5.74) is 1.75. The van der Waals surface area contributed by atoms with Gasteiger partial charge in [0.1, 0.15) is 17.3 Å². The molecule has 0 radical (unpaired) electrons. The number of likely N-dealkylation sites (tertiary alicyclic amines) is 1. The van der Waals surface area contributed by atoms with Crippen LogP contribution in [0.1, 0.15) is 29.7 Å². The summed E-state index contributed by atoms with van der Waals surface area (Å²) in [6.07, 6.45) is 0. The summed E-state index contributed by atoms with van der Waals surface area (Å²) in [4.78, 5) is 27.5. The number of rotatable bonds is 6. The van der Waals surface area contributed by atoms with Crippen molar-refractivity contribution in [2.45, 2.75) is 19.5 Å². The van der Waals surface area contributed by atoms with Crippen LogP contribution < -0.4 is 4.74 Å². The van der Waals surface area contributed by atoms with Gasteiger partial charge in [-0.25, -0.2) is 4.39 Å². The number of hydrogen-bond acceptors (Lipinski definition) is 4. The van der Waals surface area contributed by atoms with Crippen molar-refractivity contribution in [3.8, 4) is 5.75 Å². The van der Waals surface area contributed by atoms with E-state index < -0.39 is 23.5 Å². The van der Waals surface area contributed by atoms with Gasteiger partial charge in [0.15, 0.2) is 0 Å². The van der Waals surface area contributed by atoms with Gasteiger partial charge in [-0.15, -0.1) is 0 Å². The zero-order valence-corrected chi connectivity index (χ0v) is 17.5. The Morgan fingerprint density at radius 1 is 0.969 bits per heavy atom. The number of aliphatic hydroxyl groups is 1. The van der Waals surface area contributed by atoms with Gasteiger partial charge in [-0.1, -0.05) is 42.5 Å². The van der Waals surface area contributed by atoms with Crippen LogP contribution in [0.3, 0.4) is 0 Å². The third-order valence-electron chi connectivity index (χ3n) is 5.36. The number of halogens is 1. The van der Waals surface area contributed by atoms with E-state index in [0.29, 0.717) is 17.9 Å². The number of nitrogens with zero attached hydrogens (tertiary/aromatic N) is 1. The minimum Gasteiger partial charge on any atom is -0.507 e. The second-order valence-corrected chi connectivity index (χ2v) is 7.42. The summed E-state index contributed by atoms with van der Waals surface area (Å²) < 4.78 is 18.9. The van der Waals surface area contributed by atoms with Gasteiger partial charge in [0.05, 0.1) is 18.2 Å². The molecule has 1 unspecified atom stereocenters. The van der Waals surface area contributed by atoms with Gasteiger partial charge in [0.25, 0.3) is 11.7 Å². The number of ether oxygens (including phenoxy) is 1. The predicted molar refractivity (Wildman–Crippen MR) is 118 cm³/mol. The molecule has 0 aliphatic carbocycles. The maximum Gasteiger partial charge on any atom is 0.295 e. The number of benzene rings is 3. The fourth-order valence-corrected chi connectivity index (χ4v) is 3.85. The smallest absolute Gasteiger partial charge is 0.295 e. The van der Waals surface area contributed by atoms with Crippen molar-refractivity contribution >= 4 is 17.4 Å². The fourth-order valence-electron chi connectivity index (χ4n) is 3.85. The highest BCUT2D eigenvalue weighted by atomic mass is 19.1. The Morgan fingerprint density at radius 3 is 2.25 bits per heavy atom. The van der Waals surface area contributed by atoms with E-state index in [0.717, 1.165) is 5.56 Å². The van der Waals surface area contributed by atoms with E-state index in [4.69, 9.17) is 4.74 Å². The molecule has 1 atom stereocenters. The molecule has 4 rings (SSSR count). The molecule has 1 amide bonds. The van der Waals surface area contributed by atoms with Crippen molar-refractivity contribution < 1.29 is 23.8 Å². The maximum absolute atomic E-state index is 13.4. The lowest BCUT2D eigenvalue weighted by Gasteiger charge is -2.25. The number of carbonyl (C=O) groups excluding carboxylic acids is 2. The van der Waals surface area contributed by atoms with Crippen LogP contribution in [-0.4, -0.2) is 28.3 Å². The third-order valence-corrected chi connectivity index (χ3v) is 5.36. The van der Waals surface area contributed by atoms with Gasteiger partial charge in [0.2, 0.25) is 0 Å². The SMILES string of the molecule is CCOc1ccc(C2C(=C(O)c3ccc(F)cc3)C(=O)C(=O)N2Cc2ccccc2)cc1. The zero-order valence-electron chi connectivity index (χ0n) is 17.5. The summed E-state index contributed by atoms with van der Waals surface area (Å²) in [5, 5.41) is 11.0. The van der Waals surface area contributed by atoms with E-state index in [2.05, 4.69) is 0 Å². The number of ketones is 1. The summed E-state index contributed by atoms with van der Waals surface area (Å²) in [5.74, 6) is -1.61. The van der Waals surface area contributed by atoms with E-state index in [1.807, 2.05) is 37.3 Å². The van der Waals surface area contributed by atoms with Gasteiger partial charge in [-0.2, -0.15) is 0 Å². The van der Waals surface area contributed by atoms with Crippen LogP contribution in [-0.2, 0) is 16.1 Å². The zero-order chi connectivity index (χ0) is 22.7. The monoisotopic (exact) mass is 431 g/mol. The Morgan fingerprint density at radius 2 is 1.62 bits per heavy atom. The molecule has 0 saturated carbocycles.